The number of rotatable bonds is 3. The fraction of sp³-hybridized carbons (Fsp3) is 0.800. The summed E-state index contributed by atoms with van der Waals surface area (Å²) in [4.78, 5) is 6.79. The summed E-state index contributed by atoms with van der Waals surface area (Å²) in [5.41, 5.74) is 0. The Morgan fingerprint density at radius 1 is 1.40 bits per heavy atom. The van der Waals surface area contributed by atoms with Gasteiger partial charge in [0.05, 0.1) is 4.83 Å². The van der Waals surface area contributed by atoms with E-state index in [1.54, 1.807) is 0 Å². The Labute approximate surface area is 98.2 Å². The Morgan fingerprint density at radius 2 is 2.13 bits per heavy atom. The largest absolute Gasteiger partial charge is 0.338 e. The van der Waals surface area contributed by atoms with Crippen molar-refractivity contribution in [2.75, 3.05) is 18.0 Å². The summed E-state index contributed by atoms with van der Waals surface area (Å²) in [6.07, 6.45) is 4.74. The van der Waals surface area contributed by atoms with E-state index in [-0.39, 0.29) is 4.83 Å². The Kier molecular flexibility index (Phi) is 3.61. The van der Waals surface area contributed by atoms with Gasteiger partial charge in [-0.2, -0.15) is 4.98 Å². The highest BCUT2D eigenvalue weighted by Gasteiger charge is 2.19. The second-order valence-corrected chi connectivity index (χ2v) is 4.96. The van der Waals surface area contributed by atoms with E-state index in [4.69, 9.17) is 4.52 Å². The summed E-state index contributed by atoms with van der Waals surface area (Å²) in [6, 6.07) is 0. The number of hydrogen-bond donors (Lipinski definition) is 0. The molecule has 0 N–H and O–H groups in total. The van der Waals surface area contributed by atoms with Crippen molar-refractivity contribution in [2.24, 2.45) is 0 Å². The van der Waals surface area contributed by atoms with Gasteiger partial charge in [-0.1, -0.05) is 22.9 Å². The molecule has 0 spiro atoms. The number of piperidine rings is 1. The van der Waals surface area contributed by atoms with Crippen LogP contribution in [0.4, 0.5) is 5.95 Å². The van der Waals surface area contributed by atoms with Gasteiger partial charge in [0.2, 0.25) is 5.89 Å². The van der Waals surface area contributed by atoms with Gasteiger partial charge in [-0.05, 0) is 30.8 Å². The number of hydrogen-bond acceptors (Lipinski definition) is 4. The maximum atomic E-state index is 5.22. The normalized spacial score (nSPS) is 19.2. The van der Waals surface area contributed by atoms with Gasteiger partial charge in [0.25, 0.3) is 5.95 Å². The summed E-state index contributed by atoms with van der Waals surface area (Å²) >= 11 is 3.51. The van der Waals surface area contributed by atoms with Crippen LogP contribution in [0.3, 0.4) is 0 Å². The van der Waals surface area contributed by atoms with Gasteiger partial charge >= 0.3 is 0 Å². The van der Waals surface area contributed by atoms with E-state index in [2.05, 4.69) is 37.9 Å². The molecule has 0 aliphatic carbocycles. The first-order valence-corrected chi connectivity index (χ1v) is 6.45. The van der Waals surface area contributed by atoms with Gasteiger partial charge in [0.1, 0.15) is 0 Å². The van der Waals surface area contributed by atoms with Crippen LogP contribution in [0.25, 0.3) is 0 Å². The molecule has 1 unspecified atom stereocenters. The molecule has 5 heteroatoms. The average Bonchev–Trinajstić information content (AvgIpc) is 2.78. The molecule has 1 aromatic heterocycles. The van der Waals surface area contributed by atoms with E-state index in [1.807, 2.05) is 0 Å². The Hall–Kier alpha value is -0.580. The lowest BCUT2D eigenvalue weighted by atomic mass is 10.1. The van der Waals surface area contributed by atoms with Crippen LogP contribution >= 0.6 is 15.9 Å². The molecule has 0 aromatic carbocycles. The highest BCUT2D eigenvalue weighted by Crippen LogP contribution is 2.26. The molecule has 1 aromatic rings. The molecule has 0 saturated carbocycles. The quantitative estimate of drug-likeness (QED) is 0.795. The third-order valence-corrected chi connectivity index (χ3v) is 3.74. The molecular weight excluding hydrogens is 258 g/mol. The molecule has 1 saturated heterocycles. The average molecular weight is 274 g/mol. The highest BCUT2D eigenvalue weighted by molar-refractivity contribution is 9.09. The Balaban J connectivity index is 2.05. The maximum absolute atomic E-state index is 5.22. The van der Waals surface area contributed by atoms with Crippen molar-refractivity contribution in [3.8, 4) is 0 Å². The molecular formula is C10H16BrN3O. The van der Waals surface area contributed by atoms with Gasteiger partial charge in [0.15, 0.2) is 0 Å². The lowest BCUT2D eigenvalue weighted by molar-refractivity contribution is 0.374. The molecule has 4 nitrogen and oxygen atoms in total. The van der Waals surface area contributed by atoms with Gasteiger partial charge in [-0.25, -0.2) is 0 Å². The zero-order valence-corrected chi connectivity index (χ0v) is 10.5. The zero-order valence-electron chi connectivity index (χ0n) is 8.95. The summed E-state index contributed by atoms with van der Waals surface area (Å²) in [6.45, 7) is 4.19. The summed E-state index contributed by atoms with van der Waals surface area (Å²) < 4.78 is 5.22. The summed E-state index contributed by atoms with van der Waals surface area (Å²) in [5.74, 6) is 1.45. The Morgan fingerprint density at radius 3 is 2.80 bits per heavy atom. The minimum absolute atomic E-state index is 0.184. The maximum Gasteiger partial charge on any atom is 0.266 e. The molecule has 84 valence electrons. The predicted molar refractivity (Wildman–Crippen MR) is 62.3 cm³/mol. The molecule has 1 aliphatic heterocycles. The van der Waals surface area contributed by atoms with Gasteiger partial charge < -0.3 is 9.42 Å². The van der Waals surface area contributed by atoms with Crippen molar-refractivity contribution in [3.63, 3.8) is 0 Å². The predicted octanol–water partition coefficient (Wildman–Crippen LogP) is 2.91. The van der Waals surface area contributed by atoms with Crippen molar-refractivity contribution in [1.29, 1.82) is 0 Å². The van der Waals surface area contributed by atoms with Crippen molar-refractivity contribution in [3.05, 3.63) is 5.89 Å². The van der Waals surface area contributed by atoms with Crippen LogP contribution in [0.1, 0.15) is 43.3 Å². The fourth-order valence-electron chi connectivity index (χ4n) is 1.75. The molecule has 0 bridgehead atoms. The van der Waals surface area contributed by atoms with Crippen LogP contribution in [0, 0.1) is 0 Å². The molecule has 1 atom stereocenters. The smallest absolute Gasteiger partial charge is 0.266 e. The molecule has 2 rings (SSSR count). The van der Waals surface area contributed by atoms with Crippen LogP contribution in [0.2, 0.25) is 0 Å². The lowest BCUT2D eigenvalue weighted by Gasteiger charge is -2.24. The van der Waals surface area contributed by atoms with Gasteiger partial charge in [-0.3, -0.25) is 0 Å². The second kappa shape index (κ2) is 4.96. The van der Waals surface area contributed by atoms with Gasteiger partial charge in [-0.15, -0.1) is 0 Å². The second-order valence-electron chi connectivity index (χ2n) is 3.86. The van der Waals surface area contributed by atoms with Crippen molar-refractivity contribution in [1.82, 2.24) is 10.1 Å². The van der Waals surface area contributed by atoms with E-state index in [0.717, 1.165) is 25.5 Å². The first kappa shape index (κ1) is 10.9. The number of alkyl halides is 1. The topological polar surface area (TPSA) is 42.2 Å². The van der Waals surface area contributed by atoms with Crippen LogP contribution in [0.15, 0.2) is 4.52 Å². The first-order valence-electron chi connectivity index (χ1n) is 5.54. The minimum Gasteiger partial charge on any atom is -0.338 e. The third kappa shape index (κ3) is 2.51. The van der Waals surface area contributed by atoms with Crippen LogP contribution < -0.4 is 4.90 Å². The summed E-state index contributed by atoms with van der Waals surface area (Å²) in [7, 11) is 0. The molecule has 1 aliphatic rings. The van der Waals surface area contributed by atoms with E-state index in [1.165, 1.54) is 19.3 Å². The lowest BCUT2D eigenvalue weighted by Crippen LogP contribution is -2.30. The van der Waals surface area contributed by atoms with E-state index in [0.29, 0.717) is 5.89 Å². The highest BCUT2D eigenvalue weighted by atomic mass is 79.9. The number of aromatic nitrogens is 2. The van der Waals surface area contributed by atoms with E-state index < -0.39 is 0 Å². The standard InChI is InChI=1S/C10H16BrN3O/c1-2-8(11)9-12-10(13-15-9)14-6-4-3-5-7-14/h8H,2-7H2,1H3. The SMILES string of the molecule is CCC(Br)c1nc(N2CCCCC2)no1. The van der Waals surface area contributed by atoms with E-state index in [9.17, 15) is 0 Å². The van der Waals surface area contributed by atoms with Crippen molar-refractivity contribution in [2.45, 2.75) is 37.4 Å². The number of nitrogens with zero attached hydrogens (tertiary/aromatic N) is 3. The van der Waals surface area contributed by atoms with Crippen LogP contribution in [-0.4, -0.2) is 23.2 Å². The molecule has 1 fully saturated rings. The fourth-order valence-corrected chi connectivity index (χ4v) is 1.94. The van der Waals surface area contributed by atoms with Crippen LogP contribution in [-0.2, 0) is 0 Å². The minimum atomic E-state index is 0.184. The first-order chi connectivity index (χ1) is 7.31. The molecule has 0 amide bonds. The number of anilines is 1. The van der Waals surface area contributed by atoms with Crippen LogP contribution in [0.5, 0.6) is 0 Å². The molecule has 2 heterocycles. The zero-order chi connectivity index (χ0) is 10.7. The van der Waals surface area contributed by atoms with Crippen molar-refractivity contribution >= 4 is 21.9 Å². The van der Waals surface area contributed by atoms with Gasteiger partial charge in [0, 0.05) is 13.1 Å². The summed E-state index contributed by atoms with van der Waals surface area (Å²) in [5, 5.41) is 4.02. The molecule has 15 heavy (non-hydrogen) atoms. The molecule has 0 radical (unpaired) electrons. The van der Waals surface area contributed by atoms with E-state index >= 15 is 0 Å². The third-order valence-electron chi connectivity index (χ3n) is 2.70. The monoisotopic (exact) mass is 273 g/mol. The number of halogens is 1. The van der Waals surface area contributed by atoms with Crippen molar-refractivity contribution < 1.29 is 4.52 Å². The Bertz CT molecular complexity index is 309.